The van der Waals surface area contributed by atoms with Crippen molar-refractivity contribution >= 4 is 34.7 Å². The minimum absolute atomic E-state index is 0.506. The van der Waals surface area contributed by atoms with E-state index < -0.39 is 0 Å². The van der Waals surface area contributed by atoms with Gasteiger partial charge in [-0.1, -0.05) is 29.8 Å². The molecule has 0 saturated heterocycles. The van der Waals surface area contributed by atoms with Gasteiger partial charge in [-0.3, -0.25) is 9.36 Å². The second-order valence-corrected chi connectivity index (χ2v) is 6.51. The Balaban J connectivity index is 1.54. The molecule has 0 bridgehead atoms. The number of rotatable bonds is 5. The first-order chi connectivity index (χ1) is 12.0. The largest absolute Gasteiger partial charge is 0.357 e. The minimum atomic E-state index is 0.506. The van der Waals surface area contributed by atoms with E-state index in [4.69, 9.17) is 23.8 Å². The maximum absolute atomic E-state index is 6.18. The zero-order valence-electron chi connectivity index (χ0n) is 14.0. The first-order valence-electron chi connectivity index (χ1n) is 7.82. The van der Waals surface area contributed by atoms with Crippen LogP contribution in [0.25, 0.3) is 0 Å². The average Bonchev–Trinajstić information content (AvgIpc) is 3.14. The highest BCUT2D eigenvalue weighted by molar-refractivity contribution is 7.80. The van der Waals surface area contributed by atoms with Gasteiger partial charge in [-0.2, -0.15) is 10.2 Å². The molecule has 0 radical (unpaired) electrons. The highest BCUT2D eigenvalue weighted by atomic mass is 35.5. The molecule has 2 aromatic heterocycles. The summed E-state index contributed by atoms with van der Waals surface area (Å²) in [7, 11) is 1.92. The first kappa shape index (κ1) is 17.4. The van der Waals surface area contributed by atoms with E-state index >= 15 is 0 Å². The molecule has 25 heavy (non-hydrogen) atoms. The maximum Gasteiger partial charge on any atom is 0.172 e. The SMILES string of the molecule is Cc1cc(CNC(=S)Nc2ccn(Cc3ccccc3Cl)n2)nn1C. The second kappa shape index (κ2) is 7.67. The number of benzene rings is 1. The average molecular weight is 375 g/mol. The van der Waals surface area contributed by atoms with Crippen LogP contribution in [0.2, 0.25) is 5.02 Å². The van der Waals surface area contributed by atoms with Gasteiger partial charge in [0.15, 0.2) is 10.9 Å². The van der Waals surface area contributed by atoms with E-state index in [1.807, 2.05) is 65.9 Å². The molecule has 0 fully saturated rings. The lowest BCUT2D eigenvalue weighted by Crippen LogP contribution is -2.28. The smallest absolute Gasteiger partial charge is 0.172 e. The molecule has 0 aliphatic rings. The van der Waals surface area contributed by atoms with Crippen molar-refractivity contribution in [3.63, 3.8) is 0 Å². The van der Waals surface area contributed by atoms with Crippen LogP contribution in [-0.2, 0) is 20.1 Å². The molecule has 130 valence electrons. The Kier molecular flexibility index (Phi) is 5.35. The van der Waals surface area contributed by atoms with Crippen molar-refractivity contribution in [2.45, 2.75) is 20.0 Å². The molecule has 6 nitrogen and oxygen atoms in total. The second-order valence-electron chi connectivity index (χ2n) is 5.70. The molecule has 2 N–H and O–H groups in total. The van der Waals surface area contributed by atoms with Gasteiger partial charge >= 0.3 is 0 Å². The van der Waals surface area contributed by atoms with Crippen molar-refractivity contribution in [1.82, 2.24) is 24.9 Å². The summed E-state index contributed by atoms with van der Waals surface area (Å²) in [5.41, 5.74) is 3.06. The first-order valence-corrected chi connectivity index (χ1v) is 8.61. The quantitative estimate of drug-likeness (QED) is 0.672. The number of halogens is 1. The van der Waals surface area contributed by atoms with Gasteiger partial charge in [0.05, 0.1) is 18.8 Å². The van der Waals surface area contributed by atoms with E-state index in [0.717, 1.165) is 22.0 Å². The van der Waals surface area contributed by atoms with E-state index in [2.05, 4.69) is 20.8 Å². The maximum atomic E-state index is 6.18. The fraction of sp³-hybridized carbons (Fsp3) is 0.235. The van der Waals surface area contributed by atoms with Gasteiger partial charge in [-0.15, -0.1) is 0 Å². The summed E-state index contributed by atoms with van der Waals surface area (Å²) in [6.45, 7) is 3.18. The number of hydrogen-bond donors (Lipinski definition) is 2. The molecule has 0 atom stereocenters. The van der Waals surface area contributed by atoms with Crippen molar-refractivity contribution in [1.29, 1.82) is 0 Å². The number of nitrogens with zero attached hydrogens (tertiary/aromatic N) is 4. The summed E-state index contributed by atoms with van der Waals surface area (Å²) in [4.78, 5) is 0. The van der Waals surface area contributed by atoms with E-state index in [9.17, 15) is 0 Å². The molecule has 2 heterocycles. The summed E-state index contributed by atoms with van der Waals surface area (Å²) in [5, 5.41) is 16.3. The van der Waals surface area contributed by atoms with Crippen LogP contribution in [0.1, 0.15) is 17.0 Å². The molecule has 3 aromatic rings. The van der Waals surface area contributed by atoms with Gasteiger partial charge in [0.2, 0.25) is 0 Å². The van der Waals surface area contributed by atoms with Crippen LogP contribution in [0.3, 0.4) is 0 Å². The zero-order valence-corrected chi connectivity index (χ0v) is 15.6. The van der Waals surface area contributed by atoms with Gasteiger partial charge in [0.25, 0.3) is 0 Å². The van der Waals surface area contributed by atoms with Crippen molar-refractivity contribution < 1.29 is 0 Å². The van der Waals surface area contributed by atoms with Crippen LogP contribution < -0.4 is 10.6 Å². The third-order valence-corrected chi connectivity index (χ3v) is 4.38. The van der Waals surface area contributed by atoms with Crippen LogP contribution >= 0.6 is 23.8 Å². The number of aromatic nitrogens is 4. The predicted octanol–water partition coefficient (Wildman–Crippen LogP) is 3.11. The Labute approximate surface area is 156 Å². The predicted molar refractivity (Wildman–Crippen MR) is 104 cm³/mol. The monoisotopic (exact) mass is 374 g/mol. The topological polar surface area (TPSA) is 59.7 Å². The van der Waals surface area contributed by atoms with Crippen LogP contribution in [0, 0.1) is 6.92 Å². The van der Waals surface area contributed by atoms with Crippen LogP contribution in [-0.4, -0.2) is 24.7 Å². The Morgan fingerprint density at radius 3 is 2.76 bits per heavy atom. The molecule has 1 aromatic carbocycles. The number of hydrogen-bond acceptors (Lipinski definition) is 3. The molecule has 0 aliphatic carbocycles. The molecule has 0 spiro atoms. The molecular weight excluding hydrogens is 356 g/mol. The third kappa shape index (κ3) is 4.58. The van der Waals surface area contributed by atoms with Crippen LogP contribution in [0.5, 0.6) is 0 Å². The molecule has 8 heteroatoms. The summed E-state index contributed by atoms with van der Waals surface area (Å²) < 4.78 is 3.65. The Morgan fingerprint density at radius 2 is 2.04 bits per heavy atom. The summed E-state index contributed by atoms with van der Waals surface area (Å²) >= 11 is 11.5. The number of thiocarbonyl (C=S) groups is 1. The van der Waals surface area contributed by atoms with E-state index in [1.165, 1.54) is 0 Å². The fourth-order valence-electron chi connectivity index (χ4n) is 2.37. The van der Waals surface area contributed by atoms with Gasteiger partial charge in [-0.05, 0) is 36.8 Å². The van der Waals surface area contributed by atoms with Crippen LogP contribution in [0.15, 0.2) is 42.6 Å². The molecular formula is C17H19ClN6S. The zero-order chi connectivity index (χ0) is 17.8. The summed E-state index contributed by atoms with van der Waals surface area (Å²) in [6, 6.07) is 11.6. The molecule has 0 saturated carbocycles. The van der Waals surface area contributed by atoms with E-state index in [-0.39, 0.29) is 0 Å². The Hall–Kier alpha value is -2.38. The normalized spacial score (nSPS) is 10.7. The van der Waals surface area contributed by atoms with Gasteiger partial charge in [0.1, 0.15) is 0 Å². The van der Waals surface area contributed by atoms with E-state index in [0.29, 0.717) is 24.0 Å². The third-order valence-electron chi connectivity index (χ3n) is 3.77. The molecule has 0 unspecified atom stereocenters. The van der Waals surface area contributed by atoms with Crippen molar-refractivity contribution in [2.24, 2.45) is 7.05 Å². The van der Waals surface area contributed by atoms with Crippen molar-refractivity contribution in [2.75, 3.05) is 5.32 Å². The standard InChI is InChI=1S/C17H19ClN6S/c1-12-9-14(21-23(12)2)10-19-17(25)20-16-7-8-24(22-16)11-13-5-3-4-6-15(13)18/h3-9H,10-11H2,1-2H3,(H2,19,20,22,25). The fourth-order valence-corrected chi connectivity index (χ4v) is 2.74. The minimum Gasteiger partial charge on any atom is -0.357 e. The van der Waals surface area contributed by atoms with Gasteiger partial charge < -0.3 is 10.6 Å². The van der Waals surface area contributed by atoms with Crippen LogP contribution in [0.4, 0.5) is 5.82 Å². The molecule has 0 aliphatic heterocycles. The van der Waals surface area contributed by atoms with Gasteiger partial charge in [0, 0.05) is 30.0 Å². The Bertz CT molecular complexity index is 865. The Morgan fingerprint density at radius 1 is 1.24 bits per heavy atom. The number of aryl methyl sites for hydroxylation is 2. The molecule has 3 rings (SSSR count). The number of nitrogens with one attached hydrogen (secondary N) is 2. The lowest BCUT2D eigenvalue weighted by atomic mass is 10.2. The molecule has 0 amide bonds. The highest BCUT2D eigenvalue weighted by Crippen LogP contribution is 2.16. The summed E-state index contributed by atoms with van der Waals surface area (Å²) in [5.74, 6) is 0.682. The van der Waals surface area contributed by atoms with E-state index in [1.54, 1.807) is 0 Å². The highest BCUT2D eigenvalue weighted by Gasteiger charge is 2.06. The van der Waals surface area contributed by atoms with Crippen molar-refractivity contribution in [3.05, 3.63) is 64.6 Å². The number of anilines is 1. The van der Waals surface area contributed by atoms with Gasteiger partial charge in [-0.25, -0.2) is 0 Å². The lowest BCUT2D eigenvalue weighted by molar-refractivity contribution is 0.689. The lowest BCUT2D eigenvalue weighted by Gasteiger charge is -2.07. The summed E-state index contributed by atoms with van der Waals surface area (Å²) in [6.07, 6.45) is 1.89. The van der Waals surface area contributed by atoms with Crippen molar-refractivity contribution in [3.8, 4) is 0 Å².